The summed E-state index contributed by atoms with van der Waals surface area (Å²) < 4.78 is 10.1. The van der Waals surface area contributed by atoms with Crippen molar-refractivity contribution < 1.29 is 34.4 Å². The highest BCUT2D eigenvalue weighted by atomic mass is 16.6. The summed E-state index contributed by atoms with van der Waals surface area (Å²) >= 11 is 0. The van der Waals surface area contributed by atoms with Gasteiger partial charge in [-0.15, -0.1) is 0 Å². The van der Waals surface area contributed by atoms with Crippen molar-refractivity contribution in [3.05, 3.63) is 24.3 Å². The molecule has 0 aliphatic heterocycles. The first-order chi connectivity index (χ1) is 10.1. The Morgan fingerprint density at radius 1 is 0.955 bits per heavy atom. The number of hydrogen-bond acceptors (Lipinski definition) is 7. The Morgan fingerprint density at radius 3 is 1.59 bits per heavy atom. The van der Waals surface area contributed by atoms with Crippen LogP contribution in [0.25, 0.3) is 0 Å². The SMILES string of the molecule is C=C(C)C(=O)OC(C(O)CC)C(OC(=O)C(=C)C)C(O)CO. The highest BCUT2D eigenvalue weighted by molar-refractivity contribution is 5.88. The molecule has 0 aromatic rings. The standard InChI is InChI=1S/C15H24O7/c1-6-10(17)12(21-14(19)8(2)3)13(11(18)7-16)22-15(20)9(4)5/h10-13,16-18H,2,4,6-7H2,1,3,5H3. The number of ether oxygens (including phenoxy) is 2. The quantitative estimate of drug-likeness (QED) is 0.408. The smallest absolute Gasteiger partial charge is 0.333 e. The maximum Gasteiger partial charge on any atom is 0.333 e. The van der Waals surface area contributed by atoms with Gasteiger partial charge in [0.25, 0.3) is 0 Å². The van der Waals surface area contributed by atoms with E-state index in [-0.39, 0.29) is 17.6 Å². The van der Waals surface area contributed by atoms with E-state index in [1.54, 1.807) is 6.92 Å². The van der Waals surface area contributed by atoms with Crippen LogP contribution in [0.2, 0.25) is 0 Å². The van der Waals surface area contributed by atoms with Crippen LogP contribution in [-0.2, 0) is 19.1 Å². The average molecular weight is 316 g/mol. The summed E-state index contributed by atoms with van der Waals surface area (Å²) in [4.78, 5) is 23.3. The first-order valence-electron chi connectivity index (χ1n) is 6.85. The van der Waals surface area contributed by atoms with E-state index in [0.717, 1.165) is 0 Å². The maximum absolute atomic E-state index is 11.7. The fourth-order valence-corrected chi connectivity index (χ4v) is 1.51. The van der Waals surface area contributed by atoms with Crippen LogP contribution in [0.1, 0.15) is 27.2 Å². The Hall–Kier alpha value is -1.70. The van der Waals surface area contributed by atoms with Gasteiger partial charge in [-0.1, -0.05) is 20.1 Å². The Morgan fingerprint density at radius 2 is 1.32 bits per heavy atom. The predicted octanol–water partition coefficient (Wildman–Crippen LogP) is 0.0863. The monoisotopic (exact) mass is 316 g/mol. The largest absolute Gasteiger partial charge is 0.452 e. The van der Waals surface area contributed by atoms with Gasteiger partial charge in [0, 0.05) is 11.1 Å². The summed E-state index contributed by atoms with van der Waals surface area (Å²) in [5, 5.41) is 28.9. The number of aliphatic hydroxyl groups excluding tert-OH is 3. The molecule has 0 heterocycles. The lowest BCUT2D eigenvalue weighted by molar-refractivity contribution is -0.186. The topological polar surface area (TPSA) is 113 Å². The average Bonchev–Trinajstić information content (AvgIpc) is 2.48. The fraction of sp³-hybridized carbons (Fsp3) is 0.600. The van der Waals surface area contributed by atoms with Crippen molar-refractivity contribution in [1.82, 2.24) is 0 Å². The van der Waals surface area contributed by atoms with Crippen molar-refractivity contribution in [2.45, 2.75) is 51.6 Å². The highest BCUT2D eigenvalue weighted by Crippen LogP contribution is 2.18. The van der Waals surface area contributed by atoms with E-state index >= 15 is 0 Å². The van der Waals surface area contributed by atoms with Crippen LogP contribution < -0.4 is 0 Å². The minimum absolute atomic E-state index is 0.0612. The van der Waals surface area contributed by atoms with E-state index in [9.17, 15) is 19.8 Å². The summed E-state index contributed by atoms with van der Waals surface area (Å²) in [6.45, 7) is 10.5. The molecule has 22 heavy (non-hydrogen) atoms. The van der Waals surface area contributed by atoms with Crippen molar-refractivity contribution in [3.8, 4) is 0 Å². The molecule has 7 nitrogen and oxygen atoms in total. The molecule has 0 bridgehead atoms. The number of rotatable bonds is 9. The second-order valence-electron chi connectivity index (χ2n) is 5.03. The fourth-order valence-electron chi connectivity index (χ4n) is 1.51. The van der Waals surface area contributed by atoms with Crippen LogP contribution >= 0.6 is 0 Å². The molecule has 0 aliphatic rings. The molecular formula is C15H24O7. The van der Waals surface area contributed by atoms with Crippen LogP contribution in [0.15, 0.2) is 24.3 Å². The third-order valence-corrected chi connectivity index (χ3v) is 2.87. The van der Waals surface area contributed by atoms with Gasteiger partial charge >= 0.3 is 11.9 Å². The number of esters is 2. The molecule has 0 amide bonds. The van der Waals surface area contributed by atoms with Gasteiger partial charge in [0.05, 0.1) is 12.7 Å². The van der Waals surface area contributed by atoms with E-state index in [4.69, 9.17) is 14.6 Å². The van der Waals surface area contributed by atoms with E-state index < -0.39 is 43.0 Å². The Kier molecular flexibility index (Phi) is 8.62. The molecule has 4 atom stereocenters. The minimum atomic E-state index is -1.53. The van der Waals surface area contributed by atoms with Gasteiger partial charge in [0.15, 0.2) is 12.2 Å². The molecule has 0 saturated carbocycles. The first kappa shape index (κ1) is 20.3. The number of carbonyl (C=O) groups is 2. The van der Waals surface area contributed by atoms with Crippen LogP contribution in [0, 0.1) is 0 Å². The molecule has 0 spiro atoms. The van der Waals surface area contributed by atoms with Crippen LogP contribution in [0.3, 0.4) is 0 Å². The van der Waals surface area contributed by atoms with Gasteiger partial charge < -0.3 is 24.8 Å². The molecule has 0 rings (SSSR count). The summed E-state index contributed by atoms with van der Waals surface area (Å²) in [5.74, 6) is -1.64. The van der Waals surface area contributed by atoms with Gasteiger partial charge in [0.1, 0.15) is 6.10 Å². The molecule has 0 fully saturated rings. The third kappa shape index (κ3) is 5.97. The highest BCUT2D eigenvalue weighted by Gasteiger charge is 2.38. The van der Waals surface area contributed by atoms with Gasteiger partial charge in [-0.25, -0.2) is 9.59 Å². The van der Waals surface area contributed by atoms with Crippen molar-refractivity contribution in [3.63, 3.8) is 0 Å². The van der Waals surface area contributed by atoms with Gasteiger partial charge in [0.2, 0.25) is 0 Å². The van der Waals surface area contributed by atoms with Crippen LogP contribution in [-0.4, -0.2) is 58.3 Å². The molecule has 0 aliphatic carbocycles. The number of carbonyl (C=O) groups excluding carboxylic acids is 2. The molecule has 4 unspecified atom stereocenters. The predicted molar refractivity (Wildman–Crippen MR) is 78.8 cm³/mol. The molecule has 0 aromatic carbocycles. The molecule has 7 heteroatoms. The molecule has 0 saturated heterocycles. The Labute approximate surface area is 129 Å². The first-order valence-corrected chi connectivity index (χ1v) is 6.85. The lowest BCUT2D eigenvalue weighted by Gasteiger charge is -2.32. The lowest BCUT2D eigenvalue weighted by Crippen LogP contribution is -2.50. The van der Waals surface area contributed by atoms with Crippen molar-refractivity contribution in [2.75, 3.05) is 6.61 Å². The molecular weight excluding hydrogens is 292 g/mol. The van der Waals surface area contributed by atoms with Crippen LogP contribution in [0.4, 0.5) is 0 Å². The van der Waals surface area contributed by atoms with Crippen LogP contribution in [0.5, 0.6) is 0 Å². The van der Waals surface area contributed by atoms with Gasteiger partial charge in [-0.3, -0.25) is 0 Å². The number of hydrogen-bond donors (Lipinski definition) is 3. The summed E-state index contributed by atoms with van der Waals surface area (Å²) in [7, 11) is 0. The van der Waals surface area contributed by atoms with E-state index in [1.165, 1.54) is 13.8 Å². The molecule has 0 aromatic heterocycles. The zero-order chi connectivity index (χ0) is 17.4. The number of aliphatic hydroxyl groups is 3. The van der Waals surface area contributed by atoms with Gasteiger partial charge in [-0.2, -0.15) is 0 Å². The summed E-state index contributed by atoms with van der Waals surface area (Å²) in [5.41, 5.74) is 0.142. The lowest BCUT2D eigenvalue weighted by atomic mass is 10.0. The van der Waals surface area contributed by atoms with E-state index in [2.05, 4.69) is 13.2 Å². The summed E-state index contributed by atoms with van der Waals surface area (Å²) in [6.07, 6.45) is -5.35. The maximum atomic E-state index is 11.7. The third-order valence-electron chi connectivity index (χ3n) is 2.87. The van der Waals surface area contributed by atoms with Gasteiger partial charge in [-0.05, 0) is 20.3 Å². The van der Waals surface area contributed by atoms with Crippen molar-refractivity contribution >= 4 is 11.9 Å². The Bertz CT molecular complexity index is 390. The Balaban J connectivity index is 5.43. The normalized spacial score (nSPS) is 16.1. The zero-order valence-electron chi connectivity index (χ0n) is 13.1. The summed E-state index contributed by atoms with van der Waals surface area (Å²) in [6, 6.07) is 0. The zero-order valence-corrected chi connectivity index (χ0v) is 13.1. The molecule has 3 N–H and O–H groups in total. The molecule has 126 valence electrons. The minimum Gasteiger partial charge on any atom is -0.452 e. The van der Waals surface area contributed by atoms with Crippen molar-refractivity contribution in [2.24, 2.45) is 0 Å². The second kappa shape index (κ2) is 9.34. The molecule has 0 radical (unpaired) electrons. The van der Waals surface area contributed by atoms with E-state index in [0.29, 0.717) is 0 Å². The van der Waals surface area contributed by atoms with Crippen molar-refractivity contribution in [1.29, 1.82) is 0 Å². The second-order valence-corrected chi connectivity index (χ2v) is 5.03. The van der Waals surface area contributed by atoms with E-state index in [1.807, 2.05) is 0 Å².